The molecule has 0 aromatic carbocycles. The first-order valence-electron chi connectivity index (χ1n) is 6.55. The van der Waals surface area contributed by atoms with Gasteiger partial charge in [0.2, 0.25) is 5.91 Å². The summed E-state index contributed by atoms with van der Waals surface area (Å²) in [5, 5.41) is 11.7. The zero-order chi connectivity index (χ0) is 14.3. The molecular weight excluding hydrogens is 232 g/mol. The van der Waals surface area contributed by atoms with E-state index in [9.17, 15) is 9.59 Å². The van der Waals surface area contributed by atoms with Crippen molar-refractivity contribution in [2.45, 2.75) is 46.6 Å². The Hall–Kier alpha value is -1.10. The number of nitrogens with two attached hydrogens (primary N) is 1. The number of amides is 1. The van der Waals surface area contributed by atoms with Crippen LogP contribution in [0, 0.1) is 17.8 Å². The predicted molar refractivity (Wildman–Crippen MR) is 71.0 cm³/mol. The van der Waals surface area contributed by atoms with Crippen LogP contribution in [-0.4, -0.2) is 29.6 Å². The van der Waals surface area contributed by atoms with Crippen molar-refractivity contribution >= 4 is 11.9 Å². The van der Waals surface area contributed by atoms with Crippen molar-refractivity contribution in [2.24, 2.45) is 23.5 Å². The smallest absolute Gasteiger partial charge is 0.308 e. The highest BCUT2D eigenvalue weighted by Gasteiger charge is 2.23. The lowest BCUT2D eigenvalue weighted by atomic mass is 9.96. The van der Waals surface area contributed by atoms with Crippen molar-refractivity contribution in [1.29, 1.82) is 0 Å². The molecule has 0 saturated heterocycles. The van der Waals surface area contributed by atoms with Gasteiger partial charge >= 0.3 is 5.97 Å². The average Bonchev–Trinajstić information content (AvgIpc) is 2.31. The number of carboxylic acids is 1. The second-order valence-corrected chi connectivity index (χ2v) is 5.32. The van der Waals surface area contributed by atoms with Gasteiger partial charge in [-0.25, -0.2) is 0 Å². The number of carbonyl (C=O) groups excluding carboxylic acids is 1. The van der Waals surface area contributed by atoms with Gasteiger partial charge in [0.25, 0.3) is 0 Å². The monoisotopic (exact) mass is 258 g/mol. The minimum atomic E-state index is -0.874. The number of hydrogen-bond acceptors (Lipinski definition) is 3. The fraction of sp³-hybridized carbons (Fsp3) is 0.846. The summed E-state index contributed by atoms with van der Waals surface area (Å²) >= 11 is 0. The van der Waals surface area contributed by atoms with Crippen LogP contribution in [0.4, 0.5) is 0 Å². The van der Waals surface area contributed by atoms with Crippen molar-refractivity contribution in [3.8, 4) is 0 Å². The fourth-order valence-electron chi connectivity index (χ4n) is 1.69. The molecule has 106 valence electrons. The van der Waals surface area contributed by atoms with Crippen LogP contribution in [0.1, 0.15) is 40.5 Å². The highest BCUT2D eigenvalue weighted by atomic mass is 16.4. The van der Waals surface area contributed by atoms with Gasteiger partial charge in [-0.3, -0.25) is 9.59 Å². The first-order valence-corrected chi connectivity index (χ1v) is 6.55. The molecule has 4 N–H and O–H groups in total. The molecule has 0 spiro atoms. The molecule has 5 nitrogen and oxygen atoms in total. The van der Waals surface area contributed by atoms with Crippen molar-refractivity contribution in [3.63, 3.8) is 0 Å². The molecule has 0 fully saturated rings. The maximum atomic E-state index is 11.7. The summed E-state index contributed by atoms with van der Waals surface area (Å²) in [6.07, 6.45) is 1.37. The zero-order valence-electron chi connectivity index (χ0n) is 11.8. The number of carbonyl (C=O) groups is 2. The molecule has 0 rings (SSSR count). The summed E-state index contributed by atoms with van der Waals surface area (Å²) in [5.74, 6) is -1.30. The van der Waals surface area contributed by atoms with Crippen LogP contribution in [0.3, 0.4) is 0 Å². The summed E-state index contributed by atoms with van der Waals surface area (Å²) in [6.45, 7) is 7.95. The molecule has 1 amide bonds. The van der Waals surface area contributed by atoms with Crippen LogP contribution in [0.15, 0.2) is 0 Å². The van der Waals surface area contributed by atoms with E-state index in [1.807, 2.05) is 27.7 Å². The fourth-order valence-corrected chi connectivity index (χ4v) is 1.69. The van der Waals surface area contributed by atoms with Gasteiger partial charge in [-0.05, 0) is 18.3 Å². The standard InChI is InChI=1S/C13H26N2O3/c1-5-9(4)11(14)12(16)15-7-10(13(17)18)6-8(2)3/h8-11H,5-7,14H2,1-4H3,(H,15,16)(H,17,18)/t9?,10?,11-/m0/s1. The largest absolute Gasteiger partial charge is 0.481 e. The quantitative estimate of drug-likeness (QED) is 0.610. The lowest BCUT2D eigenvalue weighted by molar-refractivity contribution is -0.142. The second kappa shape index (κ2) is 8.08. The van der Waals surface area contributed by atoms with Crippen LogP contribution < -0.4 is 11.1 Å². The number of rotatable bonds is 8. The van der Waals surface area contributed by atoms with Crippen LogP contribution in [0.2, 0.25) is 0 Å². The molecule has 2 unspecified atom stereocenters. The van der Waals surface area contributed by atoms with E-state index in [-0.39, 0.29) is 24.3 Å². The molecule has 0 saturated carbocycles. The van der Waals surface area contributed by atoms with Gasteiger partial charge in [0.1, 0.15) is 0 Å². The Bertz CT molecular complexity index is 279. The highest BCUT2D eigenvalue weighted by molar-refractivity contribution is 5.82. The Morgan fingerprint density at radius 2 is 1.83 bits per heavy atom. The lowest BCUT2D eigenvalue weighted by Gasteiger charge is -2.20. The van der Waals surface area contributed by atoms with Gasteiger partial charge < -0.3 is 16.2 Å². The molecule has 0 aliphatic carbocycles. The predicted octanol–water partition coefficient (Wildman–Crippen LogP) is 1.22. The molecule has 0 aromatic heterocycles. The van der Waals surface area contributed by atoms with E-state index in [1.165, 1.54) is 0 Å². The Morgan fingerprint density at radius 3 is 2.22 bits per heavy atom. The first-order chi connectivity index (χ1) is 8.29. The SMILES string of the molecule is CCC(C)[C@H](N)C(=O)NCC(CC(C)C)C(=O)O. The topological polar surface area (TPSA) is 92.4 Å². The van der Waals surface area contributed by atoms with Gasteiger partial charge in [0.05, 0.1) is 12.0 Å². The van der Waals surface area contributed by atoms with Crippen molar-refractivity contribution in [1.82, 2.24) is 5.32 Å². The van der Waals surface area contributed by atoms with Crippen LogP contribution in [0.25, 0.3) is 0 Å². The van der Waals surface area contributed by atoms with E-state index < -0.39 is 17.9 Å². The summed E-state index contributed by atoms with van der Waals surface area (Å²) in [7, 11) is 0. The zero-order valence-corrected chi connectivity index (χ0v) is 11.8. The third-order valence-electron chi connectivity index (χ3n) is 3.19. The summed E-state index contributed by atoms with van der Waals surface area (Å²) < 4.78 is 0. The number of aliphatic carboxylic acids is 1. The molecule has 0 aliphatic heterocycles. The van der Waals surface area contributed by atoms with E-state index in [4.69, 9.17) is 10.8 Å². The maximum absolute atomic E-state index is 11.7. The van der Waals surface area contributed by atoms with Gasteiger partial charge in [-0.2, -0.15) is 0 Å². The molecule has 0 heterocycles. The Balaban J connectivity index is 4.27. The van der Waals surface area contributed by atoms with Gasteiger partial charge in [-0.15, -0.1) is 0 Å². The van der Waals surface area contributed by atoms with Gasteiger partial charge in [-0.1, -0.05) is 34.1 Å². The molecule has 0 aliphatic rings. The summed E-state index contributed by atoms with van der Waals surface area (Å²) in [4.78, 5) is 22.8. The molecule has 0 radical (unpaired) electrons. The van der Waals surface area contributed by atoms with E-state index in [0.717, 1.165) is 6.42 Å². The van der Waals surface area contributed by atoms with E-state index in [0.29, 0.717) is 6.42 Å². The Labute approximate surface area is 109 Å². The molecule has 18 heavy (non-hydrogen) atoms. The third-order valence-corrected chi connectivity index (χ3v) is 3.19. The van der Waals surface area contributed by atoms with E-state index in [1.54, 1.807) is 0 Å². The van der Waals surface area contributed by atoms with Gasteiger partial charge in [0.15, 0.2) is 0 Å². The van der Waals surface area contributed by atoms with E-state index >= 15 is 0 Å². The third kappa shape index (κ3) is 6.00. The summed E-state index contributed by atoms with van der Waals surface area (Å²) in [5.41, 5.74) is 5.78. The summed E-state index contributed by atoms with van der Waals surface area (Å²) in [6, 6.07) is -0.566. The Kier molecular flexibility index (Phi) is 7.59. The maximum Gasteiger partial charge on any atom is 0.308 e. The number of hydrogen-bond donors (Lipinski definition) is 3. The van der Waals surface area contributed by atoms with Crippen LogP contribution in [0.5, 0.6) is 0 Å². The van der Waals surface area contributed by atoms with Crippen molar-refractivity contribution in [2.75, 3.05) is 6.54 Å². The first kappa shape index (κ1) is 16.9. The molecule has 0 bridgehead atoms. The molecule has 0 aromatic rings. The van der Waals surface area contributed by atoms with Crippen LogP contribution in [-0.2, 0) is 9.59 Å². The van der Waals surface area contributed by atoms with Crippen LogP contribution >= 0.6 is 0 Å². The highest BCUT2D eigenvalue weighted by Crippen LogP contribution is 2.11. The molecule has 3 atom stereocenters. The lowest BCUT2D eigenvalue weighted by Crippen LogP contribution is -2.46. The Morgan fingerprint density at radius 1 is 1.28 bits per heavy atom. The molecule has 5 heteroatoms. The average molecular weight is 258 g/mol. The van der Waals surface area contributed by atoms with Crippen molar-refractivity contribution < 1.29 is 14.7 Å². The normalized spacial score (nSPS) is 16.1. The minimum absolute atomic E-state index is 0.0957. The van der Waals surface area contributed by atoms with Crippen molar-refractivity contribution in [3.05, 3.63) is 0 Å². The number of nitrogens with one attached hydrogen (secondary N) is 1. The number of carboxylic acid groups (broad SMARTS) is 1. The van der Waals surface area contributed by atoms with Gasteiger partial charge in [0, 0.05) is 6.54 Å². The second-order valence-electron chi connectivity index (χ2n) is 5.32. The minimum Gasteiger partial charge on any atom is -0.481 e. The molecular formula is C13H26N2O3. The van der Waals surface area contributed by atoms with E-state index in [2.05, 4.69) is 5.32 Å².